The van der Waals surface area contributed by atoms with Crippen LogP contribution in [-0.2, 0) is 14.9 Å². The van der Waals surface area contributed by atoms with Crippen LogP contribution in [0.5, 0.6) is 0 Å². The fourth-order valence-electron chi connectivity index (χ4n) is 1.64. The first kappa shape index (κ1) is 16.7. The van der Waals surface area contributed by atoms with E-state index in [0.29, 0.717) is 5.56 Å². The van der Waals surface area contributed by atoms with Gasteiger partial charge in [-0.05, 0) is 30.0 Å². The highest BCUT2D eigenvalue weighted by Gasteiger charge is 2.15. The van der Waals surface area contributed by atoms with Gasteiger partial charge in [-0.3, -0.25) is 9.59 Å². The largest absolute Gasteiger partial charge is 0.446 e. The van der Waals surface area contributed by atoms with E-state index in [-0.39, 0.29) is 17.9 Å². The Balaban J connectivity index is 2.57. The molecule has 0 unspecified atom stereocenters. The Labute approximate surface area is 124 Å². The van der Waals surface area contributed by atoms with Crippen LogP contribution in [0, 0.1) is 11.3 Å². The summed E-state index contributed by atoms with van der Waals surface area (Å²) in [5.74, 6) is -0.985. The summed E-state index contributed by atoms with van der Waals surface area (Å²) in [4.78, 5) is 23.2. The average molecular weight is 288 g/mol. The van der Waals surface area contributed by atoms with Gasteiger partial charge in [-0.15, -0.1) is 0 Å². The molecule has 0 bridgehead atoms. The predicted octanol–water partition coefficient (Wildman–Crippen LogP) is 2.17. The lowest BCUT2D eigenvalue weighted by atomic mass is 9.87. The molecule has 5 heteroatoms. The van der Waals surface area contributed by atoms with Crippen molar-refractivity contribution in [1.29, 1.82) is 5.26 Å². The fraction of sp³-hybridized carbons (Fsp3) is 0.438. The number of esters is 1. The molecule has 0 aliphatic rings. The monoisotopic (exact) mass is 288 g/mol. The number of rotatable bonds is 4. The van der Waals surface area contributed by atoms with E-state index in [1.165, 1.54) is 6.92 Å². The molecule has 1 aromatic carbocycles. The second kappa shape index (κ2) is 6.89. The van der Waals surface area contributed by atoms with Crippen molar-refractivity contribution in [3.8, 4) is 6.07 Å². The minimum atomic E-state index is -0.819. The smallest absolute Gasteiger partial charge is 0.326 e. The lowest BCUT2D eigenvalue weighted by Gasteiger charge is -2.19. The molecule has 1 atom stereocenters. The number of nitriles is 1. The summed E-state index contributed by atoms with van der Waals surface area (Å²) >= 11 is 0. The SMILES string of the molecule is C[C@@H](C#N)OC(=O)CNC(=O)c1ccc(C(C)(C)C)cc1. The second-order valence-corrected chi connectivity index (χ2v) is 5.77. The van der Waals surface area contributed by atoms with Crippen molar-refractivity contribution in [2.75, 3.05) is 6.54 Å². The summed E-state index contributed by atoms with van der Waals surface area (Å²) < 4.78 is 4.73. The van der Waals surface area contributed by atoms with E-state index in [1.807, 2.05) is 12.1 Å². The molecule has 112 valence electrons. The predicted molar refractivity (Wildman–Crippen MR) is 78.6 cm³/mol. The number of hydrogen-bond acceptors (Lipinski definition) is 4. The summed E-state index contributed by atoms with van der Waals surface area (Å²) in [7, 11) is 0. The van der Waals surface area contributed by atoms with E-state index in [2.05, 4.69) is 26.1 Å². The Morgan fingerprint density at radius 3 is 2.33 bits per heavy atom. The number of amides is 1. The van der Waals surface area contributed by atoms with Gasteiger partial charge in [0, 0.05) is 5.56 Å². The molecule has 21 heavy (non-hydrogen) atoms. The maximum atomic E-state index is 11.9. The van der Waals surface area contributed by atoms with Gasteiger partial charge in [-0.25, -0.2) is 0 Å². The standard InChI is InChI=1S/C16H20N2O3/c1-11(9-17)21-14(19)10-18-15(20)12-5-7-13(8-6-12)16(2,3)4/h5-8,11H,10H2,1-4H3,(H,18,20)/t11-/m0/s1. The van der Waals surface area contributed by atoms with Gasteiger partial charge in [0.05, 0.1) is 0 Å². The molecule has 0 aliphatic carbocycles. The van der Waals surface area contributed by atoms with Gasteiger partial charge in [0.15, 0.2) is 6.10 Å². The van der Waals surface area contributed by atoms with E-state index in [9.17, 15) is 9.59 Å². The minimum absolute atomic E-state index is 0.0201. The third-order valence-corrected chi connectivity index (χ3v) is 2.90. The third-order valence-electron chi connectivity index (χ3n) is 2.90. The quantitative estimate of drug-likeness (QED) is 0.861. The maximum Gasteiger partial charge on any atom is 0.326 e. The van der Waals surface area contributed by atoms with E-state index in [0.717, 1.165) is 5.56 Å². The highest BCUT2D eigenvalue weighted by molar-refractivity contribution is 5.95. The van der Waals surface area contributed by atoms with Crippen LogP contribution in [0.3, 0.4) is 0 Å². The van der Waals surface area contributed by atoms with Crippen molar-refractivity contribution < 1.29 is 14.3 Å². The summed E-state index contributed by atoms with van der Waals surface area (Å²) in [5, 5.41) is 11.0. The number of ether oxygens (including phenoxy) is 1. The van der Waals surface area contributed by atoms with Crippen molar-refractivity contribution in [3.05, 3.63) is 35.4 Å². The molecule has 1 aromatic rings. The molecule has 1 amide bonds. The van der Waals surface area contributed by atoms with Crippen LogP contribution >= 0.6 is 0 Å². The number of carbonyl (C=O) groups is 2. The fourth-order valence-corrected chi connectivity index (χ4v) is 1.64. The van der Waals surface area contributed by atoms with Crippen molar-refractivity contribution >= 4 is 11.9 Å². The topological polar surface area (TPSA) is 79.2 Å². The maximum absolute atomic E-state index is 11.9. The number of benzene rings is 1. The number of nitrogens with zero attached hydrogens (tertiary/aromatic N) is 1. The molecule has 1 rings (SSSR count). The van der Waals surface area contributed by atoms with Gasteiger partial charge in [-0.1, -0.05) is 32.9 Å². The van der Waals surface area contributed by atoms with Gasteiger partial charge in [-0.2, -0.15) is 5.26 Å². The highest BCUT2D eigenvalue weighted by Crippen LogP contribution is 2.22. The van der Waals surface area contributed by atoms with Crippen molar-refractivity contribution in [2.24, 2.45) is 0 Å². The molecule has 5 nitrogen and oxygen atoms in total. The Kier molecular flexibility index (Phi) is 5.48. The van der Waals surface area contributed by atoms with Crippen molar-refractivity contribution in [2.45, 2.75) is 39.2 Å². The average Bonchev–Trinajstić information content (AvgIpc) is 2.43. The first-order valence-electron chi connectivity index (χ1n) is 6.72. The van der Waals surface area contributed by atoms with E-state index < -0.39 is 12.1 Å². The molecule has 0 fully saturated rings. The Morgan fingerprint density at radius 1 is 1.29 bits per heavy atom. The summed E-state index contributed by atoms with van der Waals surface area (Å²) in [6.45, 7) is 7.48. The molecular formula is C16H20N2O3. The molecule has 0 radical (unpaired) electrons. The minimum Gasteiger partial charge on any atom is -0.446 e. The zero-order chi connectivity index (χ0) is 16.0. The van der Waals surface area contributed by atoms with Gasteiger partial charge in [0.25, 0.3) is 5.91 Å². The Morgan fingerprint density at radius 2 is 1.86 bits per heavy atom. The molecule has 0 aliphatic heterocycles. The van der Waals surface area contributed by atoms with Gasteiger partial charge in [0.2, 0.25) is 0 Å². The summed E-state index contributed by atoms with van der Waals surface area (Å²) in [5.41, 5.74) is 1.62. The Hall–Kier alpha value is -2.35. The van der Waals surface area contributed by atoms with Crippen LogP contribution in [0.2, 0.25) is 0 Å². The van der Waals surface area contributed by atoms with Crippen LogP contribution in [0.25, 0.3) is 0 Å². The van der Waals surface area contributed by atoms with Crippen LogP contribution in [0.4, 0.5) is 0 Å². The zero-order valence-electron chi connectivity index (χ0n) is 12.8. The summed E-state index contributed by atoms with van der Waals surface area (Å²) in [6.07, 6.45) is -0.819. The molecule has 1 N–H and O–H groups in total. The summed E-state index contributed by atoms with van der Waals surface area (Å²) in [6, 6.07) is 9.01. The lowest BCUT2D eigenvalue weighted by Crippen LogP contribution is -2.31. The van der Waals surface area contributed by atoms with Crippen LogP contribution in [0.15, 0.2) is 24.3 Å². The molecule has 0 spiro atoms. The second-order valence-electron chi connectivity index (χ2n) is 5.77. The lowest BCUT2D eigenvalue weighted by molar-refractivity contribution is -0.144. The third kappa shape index (κ3) is 5.27. The Bertz CT molecular complexity index is 550. The molecule has 0 heterocycles. The molecule has 0 saturated carbocycles. The normalized spacial score (nSPS) is 12.1. The first-order chi connectivity index (χ1) is 9.74. The highest BCUT2D eigenvalue weighted by atomic mass is 16.5. The van der Waals surface area contributed by atoms with Crippen molar-refractivity contribution in [3.63, 3.8) is 0 Å². The molecular weight excluding hydrogens is 268 g/mol. The van der Waals surface area contributed by atoms with Crippen molar-refractivity contribution in [1.82, 2.24) is 5.32 Å². The molecule has 0 aromatic heterocycles. The van der Waals surface area contributed by atoms with Gasteiger partial charge in [0.1, 0.15) is 12.6 Å². The van der Waals surface area contributed by atoms with Gasteiger partial charge < -0.3 is 10.1 Å². The first-order valence-corrected chi connectivity index (χ1v) is 6.72. The molecule has 0 saturated heterocycles. The van der Waals surface area contributed by atoms with Crippen LogP contribution < -0.4 is 5.32 Å². The zero-order valence-corrected chi connectivity index (χ0v) is 12.8. The number of nitrogens with one attached hydrogen (secondary N) is 1. The van der Waals surface area contributed by atoms with E-state index >= 15 is 0 Å². The number of hydrogen-bond donors (Lipinski definition) is 1. The van der Waals surface area contributed by atoms with E-state index in [1.54, 1.807) is 18.2 Å². The number of carbonyl (C=O) groups excluding carboxylic acids is 2. The van der Waals surface area contributed by atoms with Crippen LogP contribution in [-0.4, -0.2) is 24.5 Å². The van der Waals surface area contributed by atoms with Crippen LogP contribution in [0.1, 0.15) is 43.6 Å². The van der Waals surface area contributed by atoms with Gasteiger partial charge >= 0.3 is 5.97 Å². The van der Waals surface area contributed by atoms with E-state index in [4.69, 9.17) is 10.00 Å².